The molecule has 0 radical (unpaired) electrons. The van der Waals surface area contributed by atoms with Crippen LogP contribution >= 0.6 is 8.03 Å². The third-order valence-electron chi connectivity index (χ3n) is 2.89. The van der Waals surface area contributed by atoms with Crippen LogP contribution in [-0.4, -0.2) is 10.8 Å². The van der Waals surface area contributed by atoms with Crippen LogP contribution in [0.5, 0.6) is 0 Å². The Kier molecular flexibility index (Phi) is 2.41. The second kappa shape index (κ2) is 3.47. The van der Waals surface area contributed by atoms with E-state index < -0.39 is 19.4 Å². The molecule has 1 aliphatic carbocycles. The Morgan fingerprint density at radius 1 is 1.40 bits per heavy atom. The Balaban J connectivity index is 2.53. The molecule has 0 aliphatic heterocycles. The number of nitrogens with two attached hydrogens (primary N) is 1. The first kappa shape index (κ1) is 10.4. The number of hydrogen-bond acceptors (Lipinski definition) is 2. The molecule has 0 bridgehead atoms. The monoisotopic (exact) mass is 225 g/mol. The SMILES string of the molecule is NC(=O)C1(c2ccccc2[PH](=O)O)CC1. The summed E-state index contributed by atoms with van der Waals surface area (Å²) < 4.78 is 11.2. The summed E-state index contributed by atoms with van der Waals surface area (Å²) in [6.07, 6.45) is 1.35. The van der Waals surface area contributed by atoms with Gasteiger partial charge in [-0.15, -0.1) is 0 Å². The van der Waals surface area contributed by atoms with Crippen LogP contribution in [0.4, 0.5) is 0 Å². The minimum Gasteiger partial charge on any atom is -0.369 e. The van der Waals surface area contributed by atoms with Crippen molar-refractivity contribution in [2.75, 3.05) is 0 Å². The van der Waals surface area contributed by atoms with Crippen LogP contribution in [0.25, 0.3) is 0 Å². The highest BCUT2D eigenvalue weighted by atomic mass is 31.1. The molecule has 1 saturated carbocycles. The molecule has 2 rings (SSSR count). The lowest BCUT2D eigenvalue weighted by Crippen LogP contribution is -2.31. The fourth-order valence-electron chi connectivity index (χ4n) is 1.86. The molecule has 1 aromatic carbocycles. The lowest BCUT2D eigenvalue weighted by atomic mass is 9.95. The van der Waals surface area contributed by atoms with E-state index in [2.05, 4.69) is 0 Å². The van der Waals surface area contributed by atoms with E-state index in [0.29, 0.717) is 23.7 Å². The summed E-state index contributed by atoms with van der Waals surface area (Å²) in [4.78, 5) is 20.5. The van der Waals surface area contributed by atoms with E-state index in [4.69, 9.17) is 5.73 Å². The van der Waals surface area contributed by atoms with Gasteiger partial charge in [0.15, 0.2) is 0 Å². The zero-order valence-electron chi connectivity index (χ0n) is 8.06. The van der Waals surface area contributed by atoms with E-state index >= 15 is 0 Å². The molecule has 15 heavy (non-hydrogen) atoms. The van der Waals surface area contributed by atoms with E-state index in [-0.39, 0.29) is 0 Å². The van der Waals surface area contributed by atoms with Crippen LogP contribution in [0.3, 0.4) is 0 Å². The van der Waals surface area contributed by atoms with E-state index in [9.17, 15) is 14.3 Å². The predicted molar refractivity (Wildman–Crippen MR) is 57.4 cm³/mol. The summed E-state index contributed by atoms with van der Waals surface area (Å²) >= 11 is 0. The number of benzene rings is 1. The van der Waals surface area contributed by atoms with Gasteiger partial charge in [0.1, 0.15) is 0 Å². The molecule has 1 fully saturated rings. The Labute approximate surface area is 88.0 Å². The van der Waals surface area contributed by atoms with Gasteiger partial charge in [-0.1, -0.05) is 18.2 Å². The first-order valence-electron chi connectivity index (χ1n) is 4.70. The van der Waals surface area contributed by atoms with Crippen molar-refractivity contribution in [2.24, 2.45) is 5.73 Å². The maximum atomic E-state index is 11.3. The molecule has 0 saturated heterocycles. The lowest BCUT2D eigenvalue weighted by molar-refractivity contribution is -0.120. The molecule has 5 heteroatoms. The highest BCUT2D eigenvalue weighted by Gasteiger charge is 2.51. The molecule has 1 aliphatic rings. The highest BCUT2D eigenvalue weighted by Crippen LogP contribution is 2.48. The Bertz CT molecular complexity index is 440. The maximum absolute atomic E-state index is 11.3. The molecule has 0 heterocycles. The normalized spacial score (nSPS) is 19.5. The van der Waals surface area contributed by atoms with Crippen molar-refractivity contribution in [1.29, 1.82) is 0 Å². The number of carbonyl (C=O) groups is 1. The van der Waals surface area contributed by atoms with Crippen LogP contribution in [0.2, 0.25) is 0 Å². The van der Waals surface area contributed by atoms with Crippen LogP contribution < -0.4 is 11.0 Å². The average Bonchev–Trinajstić information content (AvgIpc) is 2.98. The third kappa shape index (κ3) is 1.60. The first-order chi connectivity index (χ1) is 7.08. The molecular weight excluding hydrogens is 213 g/mol. The Morgan fingerprint density at radius 2 is 2.00 bits per heavy atom. The van der Waals surface area contributed by atoms with Crippen LogP contribution in [-0.2, 0) is 14.8 Å². The van der Waals surface area contributed by atoms with Crippen LogP contribution in [0.1, 0.15) is 18.4 Å². The largest absolute Gasteiger partial charge is 0.369 e. The minimum absolute atomic E-state index is 0.360. The van der Waals surface area contributed by atoms with E-state index in [1.165, 1.54) is 0 Å². The van der Waals surface area contributed by atoms with Gasteiger partial charge in [-0.2, -0.15) is 0 Å². The van der Waals surface area contributed by atoms with Crippen molar-refractivity contribution in [1.82, 2.24) is 0 Å². The molecule has 0 aromatic heterocycles. The molecule has 1 atom stereocenters. The van der Waals surface area contributed by atoms with Gasteiger partial charge in [-0.3, -0.25) is 9.36 Å². The lowest BCUT2D eigenvalue weighted by Gasteiger charge is -2.14. The predicted octanol–water partition coefficient (Wildman–Crippen LogP) is 0.296. The standard InChI is InChI=1S/C10H12NO3P/c11-9(12)10(5-6-10)7-3-1-2-4-8(7)15(13)14/h1-4,15H,5-6H2,(H2,11,12)(H,13,14). The quantitative estimate of drug-likeness (QED) is 0.726. The topological polar surface area (TPSA) is 80.4 Å². The Hall–Kier alpha value is -1.12. The summed E-state index contributed by atoms with van der Waals surface area (Å²) in [7, 11) is -2.78. The van der Waals surface area contributed by atoms with Crippen molar-refractivity contribution in [3.8, 4) is 0 Å². The second-order valence-corrected chi connectivity index (χ2v) is 4.95. The molecule has 1 aromatic rings. The van der Waals surface area contributed by atoms with Gasteiger partial charge in [0.2, 0.25) is 13.9 Å². The third-order valence-corrected chi connectivity index (χ3v) is 3.79. The summed E-state index contributed by atoms with van der Waals surface area (Å²) in [6.45, 7) is 0. The van der Waals surface area contributed by atoms with Crippen molar-refractivity contribution in [3.63, 3.8) is 0 Å². The van der Waals surface area contributed by atoms with Gasteiger partial charge in [-0.25, -0.2) is 0 Å². The summed E-state index contributed by atoms with van der Waals surface area (Å²) in [6, 6.07) is 6.74. The fourth-order valence-corrected chi connectivity index (χ4v) is 2.65. The highest BCUT2D eigenvalue weighted by molar-refractivity contribution is 7.47. The molecule has 1 amide bonds. The van der Waals surface area contributed by atoms with Crippen molar-refractivity contribution >= 4 is 19.2 Å². The average molecular weight is 225 g/mol. The van der Waals surface area contributed by atoms with Gasteiger partial charge < -0.3 is 10.6 Å². The first-order valence-corrected chi connectivity index (χ1v) is 6.06. The molecule has 4 nitrogen and oxygen atoms in total. The zero-order valence-corrected chi connectivity index (χ0v) is 9.06. The Morgan fingerprint density at radius 3 is 2.47 bits per heavy atom. The summed E-state index contributed by atoms with van der Waals surface area (Å²) in [5, 5.41) is 0.360. The summed E-state index contributed by atoms with van der Waals surface area (Å²) in [5.74, 6) is -0.404. The molecule has 80 valence electrons. The van der Waals surface area contributed by atoms with Gasteiger partial charge >= 0.3 is 0 Å². The molecule has 0 spiro atoms. The van der Waals surface area contributed by atoms with Gasteiger partial charge in [-0.05, 0) is 24.5 Å². The van der Waals surface area contributed by atoms with Gasteiger partial charge in [0, 0.05) is 5.30 Å². The molecular formula is C10H12NO3P. The van der Waals surface area contributed by atoms with Crippen LogP contribution in [0, 0.1) is 0 Å². The number of hydrogen-bond donors (Lipinski definition) is 2. The fraction of sp³-hybridized carbons (Fsp3) is 0.300. The van der Waals surface area contributed by atoms with E-state index in [1.54, 1.807) is 24.3 Å². The zero-order chi connectivity index (χ0) is 11.1. The second-order valence-electron chi connectivity index (χ2n) is 3.80. The van der Waals surface area contributed by atoms with E-state index in [1.807, 2.05) is 0 Å². The van der Waals surface area contributed by atoms with Gasteiger partial charge in [0.25, 0.3) is 0 Å². The number of rotatable bonds is 3. The molecule has 3 N–H and O–H groups in total. The van der Waals surface area contributed by atoms with E-state index in [0.717, 1.165) is 0 Å². The summed E-state index contributed by atoms with van der Waals surface area (Å²) in [5.41, 5.74) is 5.27. The maximum Gasteiger partial charge on any atom is 0.228 e. The van der Waals surface area contributed by atoms with Crippen molar-refractivity contribution in [3.05, 3.63) is 29.8 Å². The van der Waals surface area contributed by atoms with Crippen molar-refractivity contribution < 1.29 is 14.3 Å². The minimum atomic E-state index is -2.78. The number of carbonyl (C=O) groups excluding carboxylic acids is 1. The van der Waals surface area contributed by atoms with Crippen molar-refractivity contribution in [2.45, 2.75) is 18.3 Å². The molecule has 1 unspecified atom stereocenters. The number of amides is 1. The van der Waals surface area contributed by atoms with Crippen LogP contribution in [0.15, 0.2) is 24.3 Å². The van der Waals surface area contributed by atoms with Gasteiger partial charge in [0.05, 0.1) is 5.41 Å². The number of primary amides is 1. The smallest absolute Gasteiger partial charge is 0.228 e.